The van der Waals surface area contributed by atoms with E-state index in [4.69, 9.17) is 38.8 Å². The SMILES string of the molecule is CS(C)=O.C[C@H](C(Cc1ccccc1)[C@@H](C)P(c1ccccc1)c1ccccc1)P(c1ccccc1)c1ccccc1.C[C@H](C(Cc1ccccc1)[C@@H](C)P(c1ccccc1)c1ccccc1)P(c1ccccc1)c1ccccc1.[Cl][Ru][Cl].[Cl][Ru][Cl]. The molecule has 0 bridgehead atoms. The zero-order valence-corrected chi connectivity index (χ0v) is 60.5. The Bertz CT molecular complexity index is 2790. The third-order valence-electron chi connectivity index (χ3n) is 15.0. The zero-order valence-electron chi connectivity index (χ0n) is 49.6. The van der Waals surface area contributed by atoms with Crippen molar-refractivity contribution in [3.8, 4) is 0 Å². The fraction of sp³-hybridized carbons (Fsp3) is 0.189. The molecule has 0 spiro atoms. The average molecular weight is 1480 g/mol. The summed E-state index contributed by atoms with van der Waals surface area (Å²) < 4.78 is 9.56. The van der Waals surface area contributed by atoms with Gasteiger partial charge in [-0.2, -0.15) is 0 Å². The first-order valence-corrected chi connectivity index (χ1v) is 45.2. The first-order valence-electron chi connectivity index (χ1n) is 28.6. The van der Waals surface area contributed by atoms with Crippen LogP contribution in [0, 0.1) is 11.8 Å². The van der Waals surface area contributed by atoms with E-state index in [0.717, 1.165) is 12.8 Å². The van der Waals surface area contributed by atoms with E-state index in [2.05, 4.69) is 331 Å². The van der Waals surface area contributed by atoms with Crippen molar-refractivity contribution >= 4 is 124 Å². The van der Waals surface area contributed by atoms with Crippen LogP contribution in [-0.4, -0.2) is 39.4 Å². The summed E-state index contributed by atoms with van der Waals surface area (Å²) in [6.07, 6.45) is 5.44. The van der Waals surface area contributed by atoms with E-state index in [9.17, 15) is 4.21 Å². The summed E-state index contributed by atoms with van der Waals surface area (Å²) >= 11 is -0.691. The Morgan fingerprint density at radius 3 is 0.523 bits per heavy atom. The predicted molar refractivity (Wildman–Crippen MR) is 385 cm³/mol. The van der Waals surface area contributed by atoms with Crippen molar-refractivity contribution in [2.45, 2.75) is 63.2 Å². The Labute approximate surface area is 554 Å². The van der Waals surface area contributed by atoms with Gasteiger partial charge in [0.15, 0.2) is 0 Å². The molecule has 1 nitrogen and oxygen atoms in total. The molecule has 0 saturated heterocycles. The number of hydrogen-bond acceptors (Lipinski definition) is 1. The van der Waals surface area contributed by atoms with E-state index in [1.807, 2.05) is 0 Å². The molecular weight excluding hydrogens is 1400 g/mol. The first-order chi connectivity index (χ1) is 42.0. The summed E-state index contributed by atoms with van der Waals surface area (Å²) in [6.45, 7) is 10.1. The predicted octanol–water partition coefficient (Wildman–Crippen LogP) is 18.5. The van der Waals surface area contributed by atoms with Crippen molar-refractivity contribution in [2.75, 3.05) is 12.5 Å². The molecule has 4 atom stereocenters. The van der Waals surface area contributed by atoms with E-state index < -0.39 is 42.5 Å². The maximum atomic E-state index is 9.56. The van der Waals surface area contributed by atoms with Gasteiger partial charge in [-0.05, 0) is 133 Å². The van der Waals surface area contributed by atoms with Crippen LogP contribution in [0.3, 0.4) is 0 Å². The molecule has 86 heavy (non-hydrogen) atoms. The normalized spacial score (nSPS) is 12.5. The molecule has 10 rings (SSSR count). The van der Waals surface area contributed by atoms with Crippen molar-refractivity contribution in [3.05, 3.63) is 314 Å². The average Bonchev–Trinajstić information content (AvgIpc) is 2.45. The molecule has 0 radical (unpaired) electrons. The van der Waals surface area contributed by atoms with Crippen molar-refractivity contribution in [1.82, 2.24) is 0 Å². The molecule has 12 heteroatoms. The molecule has 0 aliphatic rings. The maximum absolute atomic E-state index is 9.56. The zero-order chi connectivity index (χ0) is 61.3. The standard InChI is InChI=1S/2C36H36P2.C2H6OS.4ClH.2Ru/c2*1-29(37(32-20-10-4-11-21-32)33-22-12-5-13-23-33)36(28-31-18-8-3-9-19-31)30(2)38(34-24-14-6-15-25-34)35-26-16-7-17-27-35;1-4(2)3;;;;;;/h2*3-27,29-30,36H,28H2,1-2H3;1-2H3;4*1H;;/q;;;;;;;2*+2/p-4/t2*29-,30-;;;;;;;/m11......./s1. The number of halogens is 4. The molecule has 0 amide bonds. The molecule has 0 aliphatic heterocycles. The van der Waals surface area contributed by atoms with E-state index in [-0.39, 0.29) is 30.3 Å². The molecule has 0 aliphatic carbocycles. The van der Waals surface area contributed by atoms with Crippen LogP contribution in [0.15, 0.2) is 303 Å². The van der Waals surface area contributed by atoms with Crippen LogP contribution in [0.25, 0.3) is 0 Å². The second kappa shape index (κ2) is 41.0. The van der Waals surface area contributed by atoms with Gasteiger partial charge in [0.2, 0.25) is 0 Å². The molecule has 0 unspecified atom stereocenters. The molecule has 0 heterocycles. The fourth-order valence-electron chi connectivity index (χ4n) is 11.2. The van der Waals surface area contributed by atoms with Crippen LogP contribution >= 0.6 is 70.5 Å². The molecule has 10 aromatic carbocycles. The Kier molecular flexibility index (Phi) is 34.1. The Balaban J connectivity index is 0.000000239. The Morgan fingerprint density at radius 2 is 0.395 bits per heavy atom. The van der Waals surface area contributed by atoms with E-state index in [1.165, 1.54) is 53.6 Å². The van der Waals surface area contributed by atoms with Gasteiger partial charge in [-0.1, -0.05) is 331 Å². The van der Waals surface area contributed by atoms with Crippen LogP contribution in [0.2, 0.25) is 0 Å². The Hall–Kier alpha value is -3.52. The monoisotopic (exact) mass is 1480 g/mol. The summed E-state index contributed by atoms with van der Waals surface area (Å²) in [4.78, 5) is 0. The topological polar surface area (TPSA) is 17.1 Å². The third kappa shape index (κ3) is 23.1. The van der Waals surface area contributed by atoms with Crippen molar-refractivity contribution in [1.29, 1.82) is 0 Å². The van der Waals surface area contributed by atoms with Crippen LogP contribution in [-0.2, 0) is 53.9 Å². The van der Waals surface area contributed by atoms with Gasteiger partial charge in [0.05, 0.1) is 0 Å². The van der Waals surface area contributed by atoms with Gasteiger partial charge < -0.3 is 0 Å². The fourth-order valence-corrected chi connectivity index (χ4v) is 23.4. The summed E-state index contributed by atoms with van der Waals surface area (Å²) in [5.41, 5.74) is 4.88. The van der Waals surface area contributed by atoms with Gasteiger partial charge in [0.1, 0.15) is 0 Å². The van der Waals surface area contributed by atoms with E-state index in [0.29, 0.717) is 34.5 Å². The van der Waals surface area contributed by atoms with E-state index in [1.54, 1.807) is 12.5 Å². The summed E-state index contributed by atoms with van der Waals surface area (Å²) in [5.74, 6) is 1.02. The minimum absolute atomic E-state index is 0.346. The number of hydrogen-bond donors (Lipinski definition) is 0. The van der Waals surface area contributed by atoms with Crippen molar-refractivity contribution in [3.63, 3.8) is 0 Å². The van der Waals surface area contributed by atoms with Gasteiger partial charge >= 0.3 is 69.1 Å². The summed E-state index contributed by atoms with van der Waals surface area (Å²) in [6, 6.07) is 112. The second-order valence-electron chi connectivity index (χ2n) is 20.7. The van der Waals surface area contributed by atoms with Crippen molar-refractivity contribution < 1.29 is 34.5 Å². The summed E-state index contributed by atoms with van der Waals surface area (Å²) in [5, 5.41) is 11.7. The van der Waals surface area contributed by atoms with Gasteiger partial charge in [0.25, 0.3) is 0 Å². The second-order valence-corrected chi connectivity index (χ2v) is 37.8. The molecule has 10 aromatic rings. The van der Waals surface area contributed by atoms with Crippen LogP contribution in [0.5, 0.6) is 0 Å². The Morgan fingerprint density at radius 1 is 0.279 bits per heavy atom. The van der Waals surface area contributed by atoms with Crippen LogP contribution in [0.1, 0.15) is 38.8 Å². The van der Waals surface area contributed by atoms with E-state index >= 15 is 0 Å². The third-order valence-corrected chi connectivity index (χ3v) is 26.6. The van der Waals surface area contributed by atoms with Gasteiger partial charge in [0, 0.05) is 23.3 Å². The molecule has 0 N–H and O–H groups in total. The van der Waals surface area contributed by atoms with Crippen LogP contribution in [0.4, 0.5) is 0 Å². The van der Waals surface area contributed by atoms with Gasteiger partial charge in [-0.3, -0.25) is 4.21 Å². The number of benzene rings is 10. The summed E-state index contributed by atoms with van der Waals surface area (Å²) in [7, 11) is 16.7. The van der Waals surface area contributed by atoms with Crippen LogP contribution < -0.4 is 42.4 Å². The molecule has 450 valence electrons. The van der Waals surface area contributed by atoms with Gasteiger partial charge in [-0.25, -0.2) is 0 Å². The van der Waals surface area contributed by atoms with Gasteiger partial charge in [-0.15, -0.1) is 0 Å². The quantitative estimate of drug-likeness (QED) is 0.0549. The molecule has 0 aromatic heterocycles. The minimum atomic E-state index is -0.611. The number of rotatable bonds is 20. The molecule has 0 fully saturated rings. The molecular formula is C74H78Cl4OP4Ru2S. The van der Waals surface area contributed by atoms with Crippen molar-refractivity contribution in [2.24, 2.45) is 11.8 Å². The molecule has 0 saturated carbocycles. The first kappa shape index (κ1) is 71.6.